The number of thiophene rings is 1. The first-order chi connectivity index (χ1) is 15.2. The standard InChI is InChI=1S/C23H28N4O3S2/c1-15-6-8-17-19(14-24)23(31-21(17)12-15)25-22(28)18-13-16(32(29,30)26(2)3)7-9-20(18)27-10-4-5-11-27/h7,9,13,15H,4-6,8,10-12H2,1-3H3,(H,25,28)/t15-/m1/s1. The van der Waals surface area contributed by atoms with Gasteiger partial charge in [-0.2, -0.15) is 5.26 Å². The number of rotatable bonds is 5. The fourth-order valence-electron chi connectivity index (χ4n) is 4.43. The summed E-state index contributed by atoms with van der Waals surface area (Å²) in [5.74, 6) is 0.178. The number of nitrogens with one attached hydrogen (secondary N) is 1. The predicted octanol–water partition coefficient (Wildman–Crippen LogP) is 3.85. The first-order valence-electron chi connectivity index (χ1n) is 10.9. The molecule has 1 atom stereocenters. The second-order valence-corrected chi connectivity index (χ2v) is 12.0. The van der Waals surface area contributed by atoms with Crippen LogP contribution in [0.5, 0.6) is 0 Å². The van der Waals surface area contributed by atoms with E-state index in [1.807, 2.05) is 0 Å². The molecule has 2 aromatic rings. The summed E-state index contributed by atoms with van der Waals surface area (Å²) in [6.07, 6.45) is 4.87. The van der Waals surface area contributed by atoms with Gasteiger partial charge in [0.1, 0.15) is 11.1 Å². The minimum Gasteiger partial charge on any atom is -0.371 e. The Labute approximate surface area is 193 Å². The molecule has 2 aliphatic rings. The summed E-state index contributed by atoms with van der Waals surface area (Å²) >= 11 is 1.47. The lowest BCUT2D eigenvalue weighted by Gasteiger charge is -2.22. The van der Waals surface area contributed by atoms with Crippen molar-refractivity contribution in [2.45, 2.75) is 43.9 Å². The summed E-state index contributed by atoms with van der Waals surface area (Å²) in [7, 11) is -0.738. The average molecular weight is 473 g/mol. The Hall–Kier alpha value is -2.41. The van der Waals surface area contributed by atoms with Gasteiger partial charge in [0.2, 0.25) is 10.0 Å². The summed E-state index contributed by atoms with van der Waals surface area (Å²) in [6, 6.07) is 7.02. The number of sulfonamides is 1. The molecule has 0 radical (unpaired) electrons. The molecule has 1 amide bonds. The van der Waals surface area contributed by atoms with Gasteiger partial charge in [-0.3, -0.25) is 4.79 Å². The van der Waals surface area contributed by atoms with Gasteiger partial charge in [0.25, 0.3) is 5.91 Å². The molecule has 0 spiro atoms. The summed E-state index contributed by atoms with van der Waals surface area (Å²) in [4.78, 5) is 16.8. The molecule has 2 heterocycles. The third-order valence-electron chi connectivity index (χ3n) is 6.29. The first-order valence-corrected chi connectivity index (χ1v) is 13.2. The van der Waals surface area contributed by atoms with Gasteiger partial charge in [0.05, 0.1) is 16.0 Å². The molecule has 7 nitrogen and oxygen atoms in total. The lowest BCUT2D eigenvalue weighted by molar-refractivity contribution is 0.102. The molecule has 32 heavy (non-hydrogen) atoms. The molecule has 0 unspecified atom stereocenters. The summed E-state index contributed by atoms with van der Waals surface area (Å²) in [5, 5.41) is 13.3. The number of carbonyl (C=O) groups is 1. The molecule has 170 valence electrons. The molecular formula is C23H28N4O3S2. The summed E-state index contributed by atoms with van der Waals surface area (Å²) < 4.78 is 26.5. The van der Waals surface area contributed by atoms with Crippen molar-refractivity contribution < 1.29 is 13.2 Å². The smallest absolute Gasteiger partial charge is 0.258 e. The lowest BCUT2D eigenvalue weighted by atomic mass is 9.88. The van der Waals surface area contributed by atoms with Crippen LogP contribution >= 0.6 is 11.3 Å². The van der Waals surface area contributed by atoms with E-state index >= 15 is 0 Å². The van der Waals surface area contributed by atoms with E-state index in [-0.39, 0.29) is 10.8 Å². The number of carbonyl (C=O) groups excluding carboxylic acids is 1. The van der Waals surface area contributed by atoms with E-state index in [0.29, 0.717) is 22.0 Å². The normalized spacial score (nSPS) is 18.5. The highest BCUT2D eigenvalue weighted by molar-refractivity contribution is 7.89. The number of fused-ring (bicyclic) bond motifs is 1. The van der Waals surface area contributed by atoms with Crippen molar-refractivity contribution in [3.05, 3.63) is 39.8 Å². The molecule has 1 saturated heterocycles. The van der Waals surface area contributed by atoms with Crippen LogP contribution in [0.15, 0.2) is 23.1 Å². The molecule has 1 N–H and O–H groups in total. The van der Waals surface area contributed by atoms with E-state index in [0.717, 1.165) is 60.7 Å². The SMILES string of the molecule is C[C@@H]1CCc2c(sc(NC(=O)c3cc(S(=O)(=O)N(C)C)ccc3N3CCCC3)c2C#N)C1. The third kappa shape index (κ3) is 4.15. The fraction of sp³-hybridized carbons (Fsp3) is 0.478. The van der Waals surface area contributed by atoms with Crippen LogP contribution in [0.4, 0.5) is 10.7 Å². The summed E-state index contributed by atoms with van der Waals surface area (Å²) in [6.45, 7) is 3.86. The highest BCUT2D eigenvalue weighted by Crippen LogP contribution is 2.40. The topological polar surface area (TPSA) is 93.5 Å². The van der Waals surface area contributed by atoms with Gasteiger partial charge in [-0.1, -0.05) is 6.92 Å². The quantitative estimate of drug-likeness (QED) is 0.713. The van der Waals surface area contributed by atoms with Crippen molar-refractivity contribution in [3.8, 4) is 6.07 Å². The maximum absolute atomic E-state index is 13.4. The number of nitrogens with zero attached hydrogens (tertiary/aromatic N) is 3. The van der Waals surface area contributed by atoms with E-state index in [1.54, 1.807) is 12.1 Å². The number of hydrogen-bond donors (Lipinski definition) is 1. The Bertz CT molecular complexity index is 1190. The van der Waals surface area contributed by atoms with Gasteiger partial charge in [-0.25, -0.2) is 12.7 Å². The van der Waals surface area contributed by atoms with Gasteiger partial charge in [-0.15, -0.1) is 11.3 Å². The van der Waals surface area contributed by atoms with Crippen LogP contribution in [0, 0.1) is 17.2 Å². The molecule has 1 aromatic carbocycles. The molecular weight excluding hydrogens is 444 g/mol. The number of amides is 1. The molecule has 9 heteroatoms. The molecule has 0 saturated carbocycles. The van der Waals surface area contributed by atoms with Gasteiger partial charge in [0.15, 0.2) is 0 Å². The number of nitriles is 1. The maximum atomic E-state index is 13.4. The number of benzene rings is 1. The van der Waals surface area contributed by atoms with E-state index < -0.39 is 10.0 Å². The van der Waals surface area contributed by atoms with Crippen LogP contribution in [-0.4, -0.2) is 45.8 Å². The van der Waals surface area contributed by atoms with Gasteiger partial charge in [-0.05, 0) is 61.8 Å². The third-order valence-corrected chi connectivity index (χ3v) is 9.27. The van der Waals surface area contributed by atoms with Crippen molar-refractivity contribution in [1.82, 2.24) is 4.31 Å². The highest BCUT2D eigenvalue weighted by Gasteiger charge is 2.28. The molecule has 1 fully saturated rings. The highest BCUT2D eigenvalue weighted by atomic mass is 32.2. The largest absolute Gasteiger partial charge is 0.371 e. The zero-order chi connectivity index (χ0) is 23.0. The zero-order valence-corrected chi connectivity index (χ0v) is 20.3. The first kappa shape index (κ1) is 22.8. The van der Waals surface area contributed by atoms with Crippen molar-refractivity contribution >= 4 is 38.0 Å². The van der Waals surface area contributed by atoms with E-state index in [2.05, 4.69) is 23.2 Å². The Balaban J connectivity index is 1.73. The van der Waals surface area contributed by atoms with Crippen molar-refractivity contribution in [2.24, 2.45) is 5.92 Å². The predicted molar refractivity (Wildman–Crippen MR) is 127 cm³/mol. The van der Waals surface area contributed by atoms with E-state index in [1.165, 1.54) is 36.4 Å². The van der Waals surface area contributed by atoms with Gasteiger partial charge < -0.3 is 10.2 Å². The van der Waals surface area contributed by atoms with Gasteiger partial charge in [0, 0.05) is 37.7 Å². The Kier molecular flexibility index (Phi) is 6.30. The number of anilines is 2. The van der Waals surface area contributed by atoms with Crippen LogP contribution in [0.25, 0.3) is 0 Å². The van der Waals surface area contributed by atoms with Crippen molar-refractivity contribution in [2.75, 3.05) is 37.4 Å². The molecule has 0 bridgehead atoms. The van der Waals surface area contributed by atoms with Gasteiger partial charge >= 0.3 is 0 Å². The second kappa shape index (κ2) is 8.85. The maximum Gasteiger partial charge on any atom is 0.258 e. The van der Waals surface area contributed by atoms with Crippen LogP contribution < -0.4 is 10.2 Å². The molecule has 1 aliphatic heterocycles. The van der Waals surface area contributed by atoms with Crippen LogP contribution in [0.2, 0.25) is 0 Å². The Morgan fingerprint density at radius 3 is 2.66 bits per heavy atom. The van der Waals surface area contributed by atoms with Crippen LogP contribution in [0.3, 0.4) is 0 Å². The van der Waals surface area contributed by atoms with Crippen LogP contribution in [0.1, 0.15) is 52.5 Å². The molecule has 1 aromatic heterocycles. The van der Waals surface area contributed by atoms with Crippen molar-refractivity contribution in [1.29, 1.82) is 5.26 Å². The monoisotopic (exact) mass is 472 g/mol. The lowest BCUT2D eigenvalue weighted by Crippen LogP contribution is -2.25. The average Bonchev–Trinajstić information content (AvgIpc) is 3.40. The Morgan fingerprint density at radius 2 is 2.00 bits per heavy atom. The fourth-order valence-corrected chi connectivity index (χ4v) is 6.71. The second-order valence-electron chi connectivity index (χ2n) is 8.78. The minimum absolute atomic E-state index is 0.0791. The number of hydrogen-bond acceptors (Lipinski definition) is 6. The minimum atomic E-state index is -3.68. The van der Waals surface area contributed by atoms with E-state index in [9.17, 15) is 18.5 Å². The zero-order valence-electron chi connectivity index (χ0n) is 18.6. The summed E-state index contributed by atoms with van der Waals surface area (Å²) in [5.41, 5.74) is 2.64. The van der Waals surface area contributed by atoms with Crippen molar-refractivity contribution in [3.63, 3.8) is 0 Å². The Morgan fingerprint density at radius 1 is 1.28 bits per heavy atom. The van der Waals surface area contributed by atoms with E-state index in [4.69, 9.17) is 0 Å². The molecule has 4 rings (SSSR count). The molecule has 1 aliphatic carbocycles. The van der Waals surface area contributed by atoms with Crippen LogP contribution in [-0.2, 0) is 22.9 Å².